The number of hydrogen-bond acceptors (Lipinski definition) is 5. The summed E-state index contributed by atoms with van der Waals surface area (Å²) in [5.74, 6) is 1.31. The summed E-state index contributed by atoms with van der Waals surface area (Å²) in [5, 5.41) is 0.648. The third kappa shape index (κ3) is 4.18. The van der Waals surface area contributed by atoms with Gasteiger partial charge in [-0.1, -0.05) is 65.4 Å². The van der Waals surface area contributed by atoms with Gasteiger partial charge in [0.15, 0.2) is 4.80 Å². The van der Waals surface area contributed by atoms with Crippen molar-refractivity contribution in [3.63, 3.8) is 0 Å². The molecule has 3 aromatic carbocycles. The summed E-state index contributed by atoms with van der Waals surface area (Å²) >= 11 is 7.49. The lowest BCUT2D eigenvalue weighted by Gasteiger charge is -2.19. The predicted molar refractivity (Wildman–Crippen MR) is 136 cm³/mol. The summed E-state index contributed by atoms with van der Waals surface area (Å²) in [5.41, 5.74) is 3.47. The average molecular weight is 489 g/mol. The average Bonchev–Trinajstić information content (AvgIpc) is 3.19. The molecular weight excluding hydrogens is 468 g/mol. The van der Waals surface area contributed by atoms with E-state index < -0.39 is 0 Å². The lowest BCUT2D eigenvalue weighted by Crippen LogP contribution is -2.36. The molecule has 2 heterocycles. The molecule has 0 bridgehead atoms. The summed E-state index contributed by atoms with van der Waals surface area (Å²) in [7, 11) is 3.20. The highest BCUT2D eigenvalue weighted by Gasteiger charge is 2.22. The van der Waals surface area contributed by atoms with Crippen molar-refractivity contribution in [3.05, 3.63) is 120 Å². The summed E-state index contributed by atoms with van der Waals surface area (Å²) in [6.07, 6.45) is 3.87. The van der Waals surface area contributed by atoms with Gasteiger partial charge in [-0.2, -0.15) is 0 Å². The van der Waals surface area contributed by atoms with Crippen molar-refractivity contribution in [2.45, 2.75) is 6.04 Å². The quantitative estimate of drug-likeness (QED) is 0.410. The van der Waals surface area contributed by atoms with Crippen LogP contribution in [0.2, 0.25) is 5.02 Å². The van der Waals surface area contributed by atoms with Crippen molar-refractivity contribution in [1.29, 1.82) is 0 Å². The number of allylic oxidation sites excluding steroid dienone is 1. The first kappa shape index (κ1) is 22.2. The number of rotatable bonds is 5. The number of nitrogens with zero attached hydrogens (tertiary/aromatic N) is 2. The SMILES string of the molecule is COc1ccc(C=c2sc3n(c2=O)C(c2ccc(Cl)cc2)C=C(c2ccccc2)N=3)c(OC)c1. The normalized spacial score (nSPS) is 15.3. The zero-order chi connectivity index (χ0) is 23.7. The Kier molecular flexibility index (Phi) is 6.09. The second-order valence-corrected chi connectivity index (χ2v) is 9.15. The van der Waals surface area contributed by atoms with Gasteiger partial charge in [0.2, 0.25) is 0 Å². The zero-order valence-electron chi connectivity index (χ0n) is 18.6. The van der Waals surface area contributed by atoms with Crippen molar-refractivity contribution in [3.8, 4) is 11.5 Å². The van der Waals surface area contributed by atoms with Gasteiger partial charge >= 0.3 is 0 Å². The summed E-state index contributed by atoms with van der Waals surface area (Å²) in [4.78, 5) is 19.1. The lowest BCUT2D eigenvalue weighted by molar-refractivity contribution is 0.393. The van der Waals surface area contributed by atoms with Gasteiger partial charge in [0, 0.05) is 16.7 Å². The molecule has 0 saturated carbocycles. The molecule has 5 rings (SSSR count). The van der Waals surface area contributed by atoms with Crippen LogP contribution in [-0.4, -0.2) is 18.8 Å². The monoisotopic (exact) mass is 488 g/mol. The minimum Gasteiger partial charge on any atom is -0.497 e. The molecule has 34 heavy (non-hydrogen) atoms. The number of fused-ring (bicyclic) bond motifs is 1. The largest absolute Gasteiger partial charge is 0.497 e. The van der Waals surface area contributed by atoms with Crippen LogP contribution in [0, 0.1) is 0 Å². The lowest BCUT2D eigenvalue weighted by atomic mass is 10.0. The molecule has 0 radical (unpaired) electrons. The van der Waals surface area contributed by atoms with E-state index in [9.17, 15) is 4.79 Å². The maximum atomic E-state index is 13.6. The molecule has 7 heteroatoms. The van der Waals surface area contributed by atoms with E-state index in [1.165, 1.54) is 11.3 Å². The first-order valence-corrected chi connectivity index (χ1v) is 11.8. The number of halogens is 1. The molecule has 0 fully saturated rings. The second-order valence-electron chi connectivity index (χ2n) is 7.70. The van der Waals surface area contributed by atoms with Crippen LogP contribution in [0.15, 0.2) is 88.7 Å². The number of methoxy groups -OCH3 is 2. The van der Waals surface area contributed by atoms with Gasteiger partial charge in [0.1, 0.15) is 11.5 Å². The van der Waals surface area contributed by atoms with Crippen LogP contribution >= 0.6 is 22.9 Å². The van der Waals surface area contributed by atoms with Gasteiger partial charge in [-0.05, 0) is 47.5 Å². The Morgan fingerprint density at radius 2 is 1.76 bits per heavy atom. The van der Waals surface area contributed by atoms with Crippen LogP contribution in [-0.2, 0) is 0 Å². The minimum absolute atomic E-state index is 0.107. The molecular formula is C27H21ClN2O3S. The minimum atomic E-state index is -0.302. The van der Waals surface area contributed by atoms with Crippen LogP contribution in [0.3, 0.4) is 0 Å². The van der Waals surface area contributed by atoms with Crippen molar-refractivity contribution in [2.24, 2.45) is 4.99 Å². The van der Waals surface area contributed by atoms with E-state index in [4.69, 9.17) is 26.1 Å². The van der Waals surface area contributed by atoms with E-state index in [2.05, 4.69) is 0 Å². The van der Waals surface area contributed by atoms with Crippen LogP contribution in [0.5, 0.6) is 11.5 Å². The predicted octanol–water partition coefficient (Wildman–Crippen LogP) is 4.67. The Hall–Kier alpha value is -3.61. The number of hydrogen-bond donors (Lipinski definition) is 0. The van der Waals surface area contributed by atoms with E-state index in [0.29, 0.717) is 25.9 Å². The molecule has 1 unspecified atom stereocenters. The van der Waals surface area contributed by atoms with Crippen molar-refractivity contribution in [1.82, 2.24) is 4.57 Å². The second kappa shape index (κ2) is 9.33. The van der Waals surface area contributed by atoms with Gasteiger partial charge < -0.3 is 9.47 Å². The fraction of sp³-hybridized carbons (Fsp3) is 0.111. The Balaban J connectivity index is 1.71. The van der Waals surface area contributed by atoms with Crippen LogP contribution in [0.1, 0.15) is 22.7 Å². The fourth-order valence-corrected chi connectivity index (χ4v) is 5.06. The Bertz CT molecular complexity index is 1550. The Morgan fingerprint density at radius 1 is 1.00 bits per heavy atom. The van der Waals surface area contributed by atoms with Crippen LogP contribution in [0.4, 0.5) is 0 Å². The third-order valence-corrected chi connectivity index (χ3v) is 6.89. The van der Waals surface area contributed by atoms with Crippen molar-refractivity contribution in [2.75, 3.05) is 14.2 Å². The van der Waals surface area contributed by atoms with E-state index in [1.54, 1.807) is 24.9 Å². The molecule has 1 atom stereocenters. The van der Waals surface area contributed by atoms with Gasteiger partial charge in [-0.3, -0.25) is 9.36 Å². The van der Waals surface area contributed by atoms with E-state index in [-0.39, 0.29) is 11.6 Å². The standard InChI is InChI=1S/C27H21ClN2O3S/c1-32-21-13-10-19(24(15-21)33-2)14-25-26(31)30-23(18-8-11-20(28)12-9-18)16-22(29-27(30)34-25)17-6-4-3-5-7-17/h3-16,23H,1-2H3. The fourth-order valence-electron chi connectivity index (χ4n) is 3.93. The summed E-state index contributed by atoms with van der Waals surface area (Å²) in [6, 6.07) is 22.8. The van der Waals surface area contributed by atoms with Gasteiger partial charge in [0.05, 0.1) is 30.5 Å². The number of benzene rings is 3. The van der Waals surface area contributed by atoms with Gasteiger partial charge in [-0.25, -0.2) is 4.99 Å². The zero-order valence-corrected chi connectivity index (χ0v) is 20.1. The number of aromatic nitrogens is 1. The van der Waals surface area contributed by atoms with Crippen molar-refractivity contribution >= 4 is 34.7 Å². The summed E-state index contributed by atoms with van der Waals surface area (Å²) in [6.45, 7) is 0. The van der Waals surface area contributed by atoms with E-state index in [1.807, 2.05) is 78.9 Å². The third-order valence-electron chi connectivity index (χ3n) is 5.66. The molecule has 0 spiro atoms. The topological polar surface area (TPSA) is 52.8 Å². The molecule has 5 nitrogen and oxygen atoms in total. The smallest absolute Gasteiger partial charge is 0.271 e. The highest BCUT2D eigenvalue weighted by atomic mass is 35.5. The van der Waals surface area contributed by atoms with E-state index in [0.717, 1.165) is 22.4 Å². The summed E-state index contributed by atoms with van der Waals surface area (Å²) < 4.78 is 13.1. The van der Waals surface area contributed by atoms with Crippen LogP contribution in [0.25, 0.3) is 11.8 Å². The first-order chi connectivity index (χ1) is 16.6. The van der Waals surface area contributed by atoms with Gasteiger partial charge in [-0.15, -0.1) is 0 Å². The van der Waals surface area contributed by atoms with Crippen LogP contribution < -0.4 is 24.4 Å². The highest BCUT2D eigenvalue weighted by molar-refractivity contribution is 7.07. The molecule has 0 aliphatic carbocycles. The molecule has 1 aliphatic rings. The first-order valence-electron chi connectivity index (χ1n) is 10.6. The maximum Gasteiger partial charge on any atom is 0.271 e. The molecule has 170 valence electrons. The Morgan fingerprint density at radius 3 is 2.47 bits per heavy atom. The van der Waals surface area contributed by atoms with Gasteiger partial charge in [0.25, 0.3) is 5.56 Å². The molecule has 1 aliphatic heterocycles. The molecule has 1 aromatic heterocycles. The Labute approximate surface area is 205 Å². The molecule has 0 N–H and O–H groups in total. The van der Waals surface area contributed by atoms with Crippen molar-refractivity contribution < 1.29 is 9.47 Å². The van der Waals surface area contributed by atoms with E-state index >= 15 is 0 Å². The number of thiazole rings is 1. The molecule has 4 aromatic rings. The highest BCUT2D eigenvalue weighted by Crippen LogP contribution is 2.28. The molecule has 0 saturated heterocycles. The molecule has 0 amide bonds. The number of ether oxygens (including phenoxy) is 2. The maximum absolute atomic E-state index is 13.6.